The van der Waals surface area contributed by atoms with Crippen molar-refractivity contribution >= 4 is 35.6 Å². The molecule has 1 N–H and O–H groups in total. The molecule has 0 radical (unpaired) electrons. The molecule has 244 valence electrons. The Labute approximate surface area is 257 Å². The third-order valence-electron chi connectivity index (χ3n) is 6.86. The fraction of sp³-hybridized carbons (Fsp3) is 0.812. The lowest BCUT2D eigenvalue weighted by atomic mass is 9.75. The van der Waals surface area contributed by atoms with Gasteiger partial charge in [-0.05, 0) is 40.5 Å². The van der Waals surface area contributed by atoms with E-state index < -0.39 is 34.8 Å². The molecule has 0 spiro atoms. The highest BCUT2D eigenvalue weighted by Crippen LogP contribution is 2.38. The maximum atomic E-state index is 12.9. The second kappa shape index (κ2) is 22.5. The third-order valence-corrected chi connectivity index (χ3v) is 8.19. The Hall–Kier alpha value is -2.07. The van der Waals surface area contributed by atoms with Gasteiger partial charge >= 0.3 is 23.9 Å². The highest BCUT2D eigenvalue weighted by atomic mass is 32.2. The van der Waals surface area contributed by atoms with Gasteiger partial charge in [-0.3, -0.25) is 14.4 Å². The van der Waals surface area contributed by atoms with E-state index in [1.165, 1.54) is 70.7 Å². The Balaban J connectivity index is 4.45. The molecule has 2 atom stereocenters. The molecule has 0 aromatic rings. The minimum atomic E-state index is -1.14. The van der Waals surface area contributed by atoms with Crippen LogP contribution in [-0.4, -0.2) is 73.5 Å². The molecule has 0 aromatic heterocycles. The molecule has 0 aliphatic carbocycles. The van der Waals surface area contributed by atoms with Crippen LogP contribution >= 0.6 is 11.8 Å². The van der Waals surface area contributed by atoms with Crippen molar-refractivity contribution in [1.29, 1.82) is 0 Å². The predicted octanol–water partition coefficient (Wildman–Crippen LogP) is 6.19. The van der Waals surface area contributed by atoms with Crippen molar-refractivity contribution in [3.05, 3.63) is 12.2 Å². The van der Waals surface area contributed by atoms with Gasteiger partial charge < -0.3 is 24.1 Å². The quantitative estimate of drug-likeness (QED) is 0.0549. The first-order chi connectivity index (χ1) is 19.8. The van der Waals surface area contributed by atoms with Gasteiger partial charge in [0.25, 0.3) is 0 Å². The molecular formula is C32H56O9S. The van der Waals surface area contributed by atoms with Gasteiger partial charge in [-0.25, -0.2) is 4.79 Å². The van der Waals surface area contributed by atoms with Crippen LogP contribution in [0, 0.1) is 10.8 Å². The SMILES string of the molecule is C=C(C)C(=O)OCC(O)COC(=O)CCSCC(C)(CC(C)(C)C(=O)OCCCCCCCCCCCC)C(=O)OC. The number of carbonyl (C=O) groups excluding carboxylic acids is 4. The van der Waals surface area contributed by atoms with Gasteiger partial charge in [0.1, 0.15) is 19.3 Å². The van der Waals surface area contributed by atoms with E-state index >= 15 is 0 Å². The van der Waals surface area contributed by atoms with Crippen LogP contribution in [0.4, 0.5) is 0 Å². The molecular weight excluding hydrogens is 560 g/mol. The van der Waals surface area contributed by atoms with Crippen LogP contribution in [-0.2, 0) is 38.1 Å². The van der Waals surface area contributed by atoms with E-state index in [4.69, 9.17) is 18.9 Å². The number of hydrogen-bond acceptors (Lipinski definition) is 10. The molecule has 0 amide bonds. The molecule has 10 heteroatoms. The topological polar surface area (TPSA) is 125 Å². The second-order valence-electron chi connectivity index (χ2n) is 11.9. The number of aliphatic hydroxyl groups is 1. The van der Waals surface area contributed by atoms with E-state index in [1.807, 2.05) is 0 Å². The first-order valence-electron chi connectivity index (χ1n) is 15.3. The lowest BCUT2D eigenvalue weighted by molar-refractivity contribution is -0.160. The molecule has 0 saturated carbocycles. The van der Waals surface area contributed by atoms with Gasteiger partial charge in [-0.2, -0.15) is 11.8 Å². The fourth-order valence-electron chi connectivity index (χ4n) is 4.48. The summed E-state index contributed by atoms with van der Waals surface area (Å²) in [6.07, 6.45) is 11.2. The Morgan fingerprint density at radius 2 is 1.38 bits per heavy atom. The van der Waals surface area contributed by atoms with Crippen LogP contribution in [0.25, 0.3) is 0 Å². The molecule has 0 aliphatic heterocycles. The zero-order valence-corrected chi connectivity index (χ0v) is 27.7. The summed E-state index contributed by atoms with van der Waals surface area (Å²) in [6, 6.07) is 0. The maximum absolute atomic E-state index is 12.9. The first-order valence-corrected chi connectivity index (χ1v) is 16.4. The lowest BCUT2D eigenvalue weighted by Crippen LogP contribution is -2.40. The Morgan fingerprint density at radius 1 is 0.833 bits per heavy atom. The van der Waals surface area contributed by atoms with E-state index in [0.29, 0.717) is 18.1 Å². The van der Waals surface area contributed by atoms with Crippen molar-refractivity contribution < 1.29 is 43.2 Å². The molecule has 9 nitrogen and oxygen atoms in total. The van der Waals surface area contributed by atoms with Gasteiger partial charge in [-0.15, -0.1) is 0 Å². The molecule has 0 aliphatic rings. The van der Waals surface area contributed by atoms with Gasteiger partial charge in [-0.1, -0.05) is 71.3 Å². The molecule has 0 fully saturated rings. The molecule has 0 heterocycles. The number of aliphatic hydroxyl groups excluding tert-OH is 1. The highest BCUT2D eigenvalue weighted by Gasteiger charge is 2.43. The van der Waals surface area contributed by atoms with Crippen LogP contribution in [0.3, 0.4) is 0 Å². The average molecular weight is 617 g/mol. The molecule has 0 saturated heterocycles. The minimum Gasteiger partial charge on any atom is -0.469 e. The number of esters is 4. The monoisotopic (exact) mass is 616 g/mol. The third kappa shape index (κ3) is 18.5. The molecule has 0 rings (SSSR count). The summed E-state index contributed by atoms with van der Waals surface area (Å²) in [5, 5.41) is 9.81. The fourth-order valence-corrected chi connectivity index (χ4v) is 5.61. The maximum Gasteiger partial charge on any atom is 0.333 e. The minimum absolute atomic E-state index is 0.0600. The summed E-state index contributed by atoms with van der Waals surface area (Å²) >= 11 is 1.38. The number of rotatable bonds is 25. The van der Waals surface area contributed by atoms with Crippen LogP contribution in [0.1, 0.15) is 112 Å². The highest BCUT2D eigenvalue weighted by molar-refractivity contribution is 7.99. The average Bonchev–Trinajstić information content (AvgIpc) is 2.94. The summed E-state index contributed by atoms with van der Waals surface area (Å²) in [6.45, 7) is 12.2. The molecule has 2 unspecified atom stereocenters. The standard InChI is InChI=1S/C32H56O9S/c1-8-9-10-11-12-13-14-15-16-17-19-39-29(36)31(4,5)23-32(6,30(37)38-7)24-42-20-18-27(34)40-21-26(33)22-41-28(35)25(2)3/h26,33H,2,8-24H2,1,3-7H3. The Morgan fingerprint density at radius 3 is 1.93 bits per heavy atom. The smallest absolute Gasteiger partial charge is 0.333 e. The molecule has 0 aromatic carbocycles. The summed E-state index contributed by atoms with van der Waals surface area (Å²) in [7, 11) is 1.32. The number of ether oxygens (including phenoxy) is 4. The molecule has 0 bridgehead atoms. The molecule has 42 heavy (non-hydrogen) atoms. The van der Waals surface area contributed by atoms with E-state index in [-0.39, 0.29) is 37.6 Å². The van der Waals surface area contributed by atoms with Crippen molar-refractivity contribution in [2.45, 2.75) is 118 Å². The van der Waals surface area contributed by atoms with Gasteiger partial charge in [0, 0.05) is 17.1 Å². The number of carbonyl (C=O) groups is 4. The van der Waals surface area contributed by atoms with Gasteiger partial charge in [0.05, 0.1) is 31.0 Å². The Kier molecular flexibility index (Phi) is 21.4. The van der Waals surface area contributed by atoms with E-state index in [1.54, 1.807) is 20.8 Å². The number of thioether (sulfide) groups is 1. The van der Waals surface area contributed by atoms with Crippen molar-refractivity contribution in [3.8, 4) is 0 Å². The van der Waals surface area contributed by atoms with E-state index in [2.05, 4.69) is 13.5 Å². The second-order valence-corrected chi connectivity index (χ2v) is 13.1. The van der Waals surface area contributed by atoms with Crippen LogP contribution in [0.5, 0.6) is 0 Å². The van der Waals surface area contributed by atoms with Gasteiger partial charge in [0.15, 0.2) is 0 Å². The van der Waals surface area contributed by atoms with E-state index in [0.717, 1.165) is 19.3 Å². The van der Waals surface area contributed by atoms with Crippen LogP contribution in [0.15, 0.2) is 12.2 Å². The number of methoxy groups -OCH3 is 1. The summed E-state index contributed by atoms with van der Waals surface area (Å²) in [4.78, 5) is 49.0. The Bertz CT molecular complexity index is 827. The van der Waals surface area contributed by atoms with Crippen molar-refractivity contribution in [3.63, 3.8) is 0 Å². The summed E-state index contributed by atoms with van der Waals surface area (Å²) in [5.41, 5.74) is -1.66. The first kappa shape index (κ1) is 39.9. The lowest BCUT2D eigenvalue weighted by Gasteiger charge is -2.33. The van der Waals surface area contributed by atoms with Crippen LogP contribution in [0.2, 0.25) is 0 Å². The number of hydrogen-bond donors (Lipinski definition) is 1. The predicted molar refractivity (Wildman–Crippen MR) is 166 cm³/mol. The van der Waals surface area contributed by atoms with Crippen molar-refractivity contribution in [2.24, 2.45) is 10.8 Å². The van der Waals surface area contributed by atoms with Crippen molar-refractivity contribution in [1.82, 2.24) is 0 Å². The van der Waals surface area contributed by atoms with Crippen LogP contribution < -0.4 is 0 Å². The van der Waals surface area contributed by atoms with E-state index in [9.17, 15) is 24.3 Å². The summed E-state index contributed by atoms with van der Waals surface area (Å²) < 4.78 is 20.5. The normalized spacial score (nSPS) is 13.5. The van der Waals surface area contributed by atoms with Gasteiger partial charge in [0.2, 0.25) is 0 Å². The number of unbranched alkanes of at least 4 members (excludes halogenated alkanes) is 9. The zero-order chi connectivity index (χ0) is 32.0. The zero-order valence-electron chi connectivity index (χ0n) is 26.9. The summed E-state index contributed by atoms with van der Waals surface area (Å²) in [5.74, 6) is -1.22. The largest absolute Gasteiger partial charge is 0.469 e. The van der Waals surface area contributed by atoms with Crippen molar-refractivity contribution in [2.75, 3.05) is 38.4 Å².